The molecule has 0 atom stereocenters. The molecule has 0 amide bonds. The molecule has 0 unspecified atom stereocenters. The first-order valence-electron chi connectivity index (χ1n) is 4.87. The Bertz CT molecular complexity index is 525. The van der Waals surface area contributed by atoms with Crippen molar-refractivity contribution >= 4 is 33.5 Å². The summed E-state index contributed by atoms with van der Waals surface area (Å²) in [5.74, 6) is 0.838. The summed E-state index contributed by atoms with van der Waals surface area (Å²) in [6.07, 6.45) is 0. The molecular formula is C11H9BrN2O2S. The number of carbonyl (C=O) groups excluding carboxylic acids is 1. The fourth-order valence-corrected chi connectivity index (χ4v) is 2.15. The van der Waals surface area contributed by atoms with Crippen LogP contribution in [0.2, 0.25) is 0 Å². The van der Waals surface area contributed by atoms with E-state index < -0.39 is 0 Å². The smallest absolute Gasteiger partial charge is 0.277 e. The lowest BCUT2D eigenvalue weighted by Crippen LogP contribution is -2.01. The lowest BCUT2D eigenvalue weighted by atomic mass is 10.2. The van der Waals surface area contributed by atoms with E-state index in [9.17, 15) is 4.79 Å². The Labute approximate surface area is 111 Å². The van der Waals surface area contributed by atoms with E-state index in [0.29, 0.717) is 22.4 Å². The number of ketones is 1. The van der Waals surface area contributed by atoms with E-state index in [1.165, 1.54) is 11.8 Å². The number of hydrogen-bond acceptors (Lipinski definition) is 5. The molecule has 6 heteroatoms. The third kappa shape index (κ3) is 3.41. The summed E-state index contributed by atoms with van der Waals surface area (Å²) in [6, 6.07) is 7.25. The van der Waals surface area contributed by atoms with Crippen LogP contribution in [0.5, 0.6) is 0 Å². The number of thioether (sulfide) groups is 1. The second kappa shape index (κ2) is 5.46. The minimum atomic E-state index is 0.0401. The largest absolute Gasteiger partial charge is 0.416 e. The van der Waals surface area contributed by atoms with Crippen molar-refractivity contribution in [1.82, 2.24) is 10.2 Å². The van der Waals surface area contributed by atoms with Crippen LogP contribution in [0.15, 0.2) is 38.4 Å². The molecule has 1 heterocycles. The Morgan fingerprint density at radius 1 is 1.35 bits per heavy atom. The summed E-state index contributed by atoms with van der Waals surface area (Å²) in [4.78, 5) is 11.8. The van der Waals surface area contributed by atoms with E-state index in [0.717, 1.165) is 4.47 Å². The molecule has 0 aliphatic heterocycles. The summed E-state index contributed by atoms with van der Waals surface area (Å²) in [7, 11) is 0. The Kier molecular flexibility index (Phi) is 3.96. The number of aryl methyl sites for hydroxylation is 1. The standard InChI is InChI=1S/C11H9BrN2O2S/c1-7-13-14-11(16-7)17-6-10(15)8-2-4-9(12)5-3-8/h2-5H,6H2,1H3. The normalized spacial score (nSPS) is 10.5. The SMILES string of the molecule is Cc1nnc(SCC(=O)c2ccc(Br)cc2)o1. The van der Waals surface area contributed by atoms with Crippen molar-refractivity contribution in [2.24, 2.45) is 0 Å². The highest BCUT2D eigenvalue weighted by Crippen LogP contribution is 2.18. The van der Waals surface area contributed by atoms with Gasteiger partial charge in [-0.3, -0.25) is 4.79 Å². The highest BCUT2D eigenvalue weighted by molar-refractivity contribution is 9.10. The molecule has 2 aromatic rings. The van der Waals surface area contributed by atoms with Crippen LogP contribution in [-0.4, -0.2) is 21.7 Å². The predicted molar refractivity (Wildman–Crippen MR) is 68.2 cm³/mol. The number of nitrogens with zero attached hydrogens (tertiary/aromatic N) is 2. The van der Waals surface area contributed by atoms with Crippen molar-refractivity contribution in [3.8, 4) is 0 Å². The van der Waals surface area contributed by atoms with Gasteiger partial charge in [0, 0.05) is 17.0 Å². The molecule has 0 radical (unpaired) electrons. The van der Waals surface area contributed by atoms with Gasteiger partial charge in [0.15, 0.2) is 5.78 Å². The van der Waals surface area contributed by atoms with E-state index >= 15 is 0 Å². The molecule has 0 N–H and O–H groups in total. The van der Waals surface area contributed by atoms with Gasteiger partial charge in [0.05, 0.1) is 5.75 Å². The van der Waals surface area contributed by atoms with Gasteiger partial charge in [0.2, 0.25) is 5.89 Å². The highest BCUT2D eigenvalue weighted by Gasteiger charge is 2.09. The molecule has 1 aromatic carbocycles. The van der Waals surface area contributed by atoms with E-state index in [4.69, 9.17) is 4.42 Å². The maximum absolute atomic E-state index is 11.8. The minimum Gasteiger partial charge on any atom is -0.416 e. The second-order valence-electron chi connectivity index (χ2n) is 3.31. The third-order valence-corrected chi connectivity index (χ3v) is 3.35. The van der Waals surface area contributed by atoms with Crippen molar-refractivity contribution < 1.29 is 9.21 Å². The molecule has 0 fully saturated rings. The average Bonchev–Trinajstić information content (AvgIpc) is 2.73. The summed E-state index contributed by atoms with van der Waals surface area (Å²) < 4.78 is 6.12. The van der Waals surface area contributed by atoms with Crippen molar-refractivity contribution in [1.29, 1.82) is 0 Å². The van der Waals surface area contributed by atoms with Crippen LogP contribution in [0.1, 0.15) is 16.2 Å². The van der Waals surface area contributed by atoms with Gasteiger partial charge in [0.1, 0.15) is 0 Å². The van der Waals surface area contributed by atoms with E-state index in [1.807, 2.05) is 12.1 Å². The fraction of sp³-hybridized carbons (Fsp3) is 0.182. The molecule has 0 aliphatic rings. The van der Waals surface area contributed by atoms with Gasteiger partial charge in [-0.05, 0) is 12.1 Å². The summed E-state index contributed by atoms with van der Waals surface area (Å²) in [6.45, 7) is 1.72. The van der Waals surface area contributed by atoms with E-state index in [2.05, 4.69) is 26.1 Å². The molecule has 0 aliphatic carbocycles. The molecule has 0 saturated heterocycles. The maximum atomic E-state index is 11.8. The number of Topliss-reactive ketones (excluding diaryl/α,β-unsaturated/α-hetero) is 1. The van der Waals surface area contributed by atoms with Crippen molar-refractivity contribution in [3.05, 3.63) is 40.2 Å². The Morgan fingerprint density at radius 3 is 2.65 bits per heavy atom. The number of rotatable bonds is 4. The van der Waals surface area contributed by atoms with Gasteiger partial charge in [-0.15, -0.1) is 10.2 Å². The fourth-order valence-electron chi connectivity index (χ4n) is 1.18. The van der Waals surface area contributed by atoms with Crippen LogP contribution < -0.4 is 0 Å². The van der Waals surface area contributed by atoms with Gasteiger partial charge in [0.25, 0.3) is 5.22 Å². The zero-order valence-corrected chi connectivity index (χ0v) is 11.4. The quantitative estimate of drug-likeness (QED) is 0.641. The number of carbonyl (C=O) groups is 1. The van der Waals surface area contributed by atoms with Crippen LogP contribution in [0.4, 0.5) is 0 Å². The Balaban J connectivity index is 1.95. The average molecular weight is 313 g/mol. The van der Waals surface area contributed by atoms with Crippen LogP contribution in [0.25, 0.3) is 0 Å². The molecule has 2 rings (SSSR count). The topological polar surface area (TPSA) is 56.0 Å². The van der Waals surface area contributed by atoms with Crippen LogP contribution in [0.3, 0.4) is 0 Å². The number of aromatic nitrogens is 2. The summed E-state index contributed by atoms with van der Waals surface area (Å²) in [5.41, 5.74) is 0.678. The van der Waals surface area contributed by atoms with Gasteiger partial charge < -0.3 is 4.42 Å². The molecule has 0 saturated carbocycles. The molecule has 88 valence electrons. The van der Waals surface area contributed by atoms with Gasteiger partial charge in [-0.2, -0.15) is 0 Å². The van der Waals surface area contributed by atoms with Crippen LogP contribution in [-0.2, 0) is 0 Å². The zero-order chi connectivity index (χ0) is 12.3. The van der Waals surface area contributed by atoms with Crippen molar-refractivity contribution in [3.63, 3.8) is 0 Å². The van der Waals surface area contributed by atoms with E-state index in [-0.39, 0.29) is 5.78 Å². The predicted octanol–water partition coefficient (Wildman–Crippen LogP) is 3.12. The first-order valence-corrected chi connectivity index (χ1v) is 6.64. The second-order valence-corrected chi connectivity index (χ2v) is 5.15. The minimum absolute atomic E-state index is 0.0401. The Morgan fingerprint density at radius 2 is 2.06 bits per heavy atom. The lowest BCUT2D eigenvalue weighted by molar-refractivity contribution is 0.102. The third-order valence-electron chi connectivity index (χ3n) is 2.00. The highest BCUT2D eigenvalue weighted by atomic mass is 79.9. The Hall–Kier alpha value is -1.14. The number of halogens is 1. The van der Waals surface area contributed by atoms with Crippen LogP contribution >= 0.6 is 27.7 Å². The first kappa shape index (κ1) is 12.3. The maximum Gasteiger partial charge on any atom is 0.277 e. The van der Waals surface area contributed by atoms with Crippen molar-refractivity contribution in [2.75, 3.05) is 5.75 Å². The van der Waals surface area contributed by atoms with Crippen molar-refractivity contribution in [2.45, 2.75) is 12.1 Å². The van der Waals surface area contributed by atoms with Gasteiger partial charge in [-0.1, -0.05) is 39.8 Å². The van der Waals surface area contributed by atoms with Gasteiger partial charge >= 0.3 is 0 Å². The molecule has 4 nitrogen and oxygen atoms in total. The monoisotopic (exact) mass is 312 g/mol. The lowest BCUT2D eigenvalue weighted by Gasteiger charge is -1.98. The van der Waals surface area contributed by atoms with Gasteiger partial charge in [-0.25, -0.2) is 0 Å². The molecule has 0 bridgehead atoms. The number of benzene rings is 1. The molecule has 17 heavy (non-hydrogen) atoms. The summed E-state index contributed by atoms with van der Waals surface area (Å²) >= 11 is 4.57. The summed E-state index contributed by atoms with van der Waals surface area (Å²) in [5, 5.41) is 7.93. The first-order chi connectivity index (χ1) is 8.15. The molecule has 1 aromatic heterocycles. The molecule has 0 spiro atoms. The van der Waals surface area contributed by atoms with E-state index in [1.54, 1.807) is 19.1 Å². The van der Waals surface area contributed by atoms with Crippen LogP contribution in [0, 0.1) is 6.92 Å². The number of hydrogen-bond donors (Lipinski definition) is 0. The zero-order valence-electron chi connectivity index (χ0n) is 9.01. The molecular weight excluding hydrogens is 304 g/mol.